The van der Waals surface area contributed by atoms with Crippen LogP contribution in [0.15, 0.2) is 35.7 Å². The molecule has 2 aliphatic heterocycles. The van der Waals surface area contributed by atoms with Crippen LogP contribution in [-0.4, -0.2) is 49.8 Å². The molecule has 4 aromatic rings. The van der Waals surface area contributed by atoms with E-state index in [0.29, 0.717) is 48.7 Å². The number of aromatic carboxylic acids is 1. The van der Waals surface area contributed by atoms with Crippen molar-refractivity contribution >= 4 is 28.3 Å². The van der Waals surface area contributed by atoms with E-state index in [9.17, 15) is 23.1 Å². The van der Waals surface area contributed by atoms with Crippen LogP contribution in [0.3, 0.4) is 0 Å². The summed E-state index contributed by atoms with van der Waals surface area (Å²) in [4.78, 5) is 22.9. The van der Waals surface area contributed by atoms with Gasteiger partial charge in [-0.25, -0.2) is 14.8 Å². The number of benzene rings is 2. The first-order chi connectivity index (χ1) is 19.6. The molecule has 0 saturated carbocycles. The molecule has 12 heteroatoms. The standard InChI is InChI=1S/C29H29F3N4O4S/c1-16-15-41-27(33-16)14-40-25-11-21-17(2)35(7-5-18(21)9-22(25)29(30,31)32)13-26-34-23-4-3-19(28(37)38)10-24(23)36(26)12-20-6-8-39-20/h3-4,9-11,15,17,20H,5-8,12-14H2,1-2H3,(H,37,38)/t17-,20-/m0/s1. The number of hydrogen-bond acceptors (Lipinski definition) is 7. The summed E-state index contributed by atoms with van der Waals surface area (Å²) >= 11 is 1.35. The third-order valence-corrected chi connectivity index (χ3v) is 8.77. The van der Waals surface area contributed by atoms with E-state index in [0.717, 1.165) is 29.0 Å². The number of hydrogen-bond donors (Lipinski definition) is 1. The summed E-state index contributed by atoms with van der Waals surface area (Å²) in [5.41, 5.74) is 3.06. The Morgan fingerprint density at radius 3 is 2.71 bits per heavy atom. The number of carboxylic acids is 1. The summed E-state index contributed by atoms with van der Waals surface area (Å²) in [7, 11) is 0. The monoisotopic (exact) mass is 586 g/mol. The van der Waals surface area contributed by atoms with Gasteiger partial charge in [-0.05, 0) is 68.1 Å². The van der Waals surface area contributed by atoms with Gasteiger partial charge in [0, 0.05) is 30.3 Å². The summed E-state index contributed by atoms with van der Waals surface area (Å²) in [6.45, 7) is 6.01. The molecular weight excluding hydrogens is 557 g/mol. The van der Waals surface area contributed by atoms with Gasteiger partial charge in [0.15, 0.2) is 0 Å². The fourth-order valence-corrected chi connectivity index (χ4v) is 6.19. The zero-order valence-electron chi connectivity index (χ0n) is 22.6. The lowest BCUT2D eigenvalue weighted by atomic mass is 9.91. The first-order valence-corrected chi connectivity index (χ1v) is 14.3. The Balaban J connectivity index is 1.31. The number of carboxylic acid groups (broad SMARTS) is 1. The smallest absolute Gasteiger partial charge is 0.419 e. The first-order valence-electron chi connectivity index (χ1n) is 13.4. The van der Waals surface area contributed by atoms with Crippen LogP contribution in [0.4, 0.5) is 13.2 Å². The second-order valence-electron chi connectivity index (χ2n) is 10.5. The van der Waals surface area contributed by atoms with Gasteiger partial charge in [0.2, 0.25) is 0 Å². The van der Waals surface area contributed by atoms with Gasteiger partial charge in [0.05, 0.1) is 41.4 Å². The third kappa shape index (κ3) is 5.55. The van der Waals surface area contributed by atoms with Gasteiger partial charge in [0.25, 0.3) is 0 Å². The maximum atomic E-state index is 14.0. The minimum atomic E-state index is -4.55. The fraction of sp³-hybridized carbons (Fsp3) is 0.414. The van der Waals surface area contributed by atoms with Crippen LogP contribution in [0.5, 0.6) is 5.75 Å². The number of alkyl halides is 3. The lowest BCUT2D eigenvalue weighted by Crippen LogP contribution is -2.36. The predicted octanol–water partition coefficient (Wildman–Crippen LogP) is 6.01. The van der Waals surface area contributed by atoms with Crippen molar-refractivity contribution < 1.29 is 32.5 Å². The Kier molecular flexibility index (Phi) is 7.25. The number of thiazole rings is 1. The highest BCUT2D eigenvalue weighted by molar-refractivity contribution is 7.09. The van der Waals surface area contributed by atoms with Crippen molar-refractivity contribution in [3.63, 3.8) is 0 Å². The lowest BCUT2D eigenvalue weighted by Gasteiger charge is -2.36. The van der Waals surface area contributed by atoms with Crippen molar-refractivity contribution in [3.05, 3.63) is 74.5 Å². The van der Waals surface area contributed by atoms with E-state index in [2.05, 4.69) is 9.88 Å². The number of nitrogens with zero attached hydrogens (tertiary/aromatic N) is 4. The van der Waals surface area contributed by atoms with E-state index >= 15 is 0 Å². The molecule has 0 aliphatic carbocycles. The largest absolute Gasteiger partial charge is 0.486 e. The molecule has 1 fully saturated rings. The first kappa shape index (κ1) is 27.7. The average Bonchev–Trinajstić information content (AvgIpc) is 3.47. The number of rotatable bonds is 8. The van der Waals surface area contributed by atoms with Crippen LogP contribution >= 0.6 is 11.3 Å². The van der Waals surface area contributed by atoms with Crippen LogP contribution in [0.1, 0.15) is 63.0 Å². The zero-order chi connectivity index (χ0) is 28.9. The number of carbonyl (C=O) groups is 1. The molecule has 2 aromatic carbocycles. The number of aromatic nitrogens is 3. The highest BCUT2D eigenvalue weighted by Gasteiger charge is 2.37. The Morgan fingerprint density at radius 2 is 2.05 bits per heavy atom. The topological polar surface area (TPSA) is 89.7 Å². The summed E-state index contributed by atoms with van der Waals surface area (Å²) in [6, 6.07) is 7.43. The summed E-state index contributed by atoms with van der Waals surface area (Å²) in [6.07, 6.45) is -3.16. The number of ether oxygens (including phenoxy) is 2. The highest BCUT2D eigenvalue weighted by Crippen LogP contribution is 2.42. The summed E-state index contributed by atoms with van der Waals surface area (Å²) < 4.78 is 55.4. The predicted molar refractivity (Wildman–Crippen MR) is 146 cm³/mol. The third-order valence-electron chi connectivity index (χ3n) is 7.83. The molecular formula is C29H29F3N4O4S. The molecule has 216 valence electrons. The Morgan fingerprint density at radius 1 is 1.24 bits per heavy atom. The van der Waals surface area contributed by atoms with E-state index < -0.39 is 17.7 Å². The minimum absolute atomic E-state index is 0.0289. The van der Waals surface area contributed by atoms with E-state index in [1.54, 1.807) is 12.1 Å². The maximum Gasteiger partial charge on any atom is 0.419 e. The number of fused-ring (bicyclic) bond motifs is 2. The summed E-state index contributed by atoms with van der Waals surface area (Å²) in [5.74, 6) is -0.451. The maximum absolute atomic E-state index is 14.0. The van der Waals surface area contributed by atoms with Crippen LogP contribution in [0.25, 0.3) is 11.0 Å². The molecule has 41 heavy (non-hydrogen) atoms. The molecule has 2 aromatic heterocycles. The SMILES string of the molecule is Cc1csc(COc2cc3c(cc2C(F)(F)F)CCN(Cc2nc4ccc(C(=O)O)cc4n2C[C@@H]2CCO2)[C@H]3C)n1. The van der Waals surface area contributed by atoms with Crippen molar-refractivity contribution in [3.8, 4) is 5.75 Å². The molecule has 1 saturated heterocycles. The Labute approximate surface area is 238 Å². The van der Waals surface area contributed by atoms with E-state index in [-0.39, 0.29) is 30.1 Å². The summed E-state index contributed by atoms with van der Waals surface area (Å²) in [5, 5.41) is 12.0. The molecule has 4 heterocycles. The number of imidazole rings is 1. The molecule has 0 unspecified atom stereocenters. The van der Waals surface area contributed by atoms with Crippen molar-refractivity contribution in [2.75, 3.05) is 13.2 Å². The molecule has 0 amide bonds. The molecule has 2 aliphatic rings. The molecule has 1 N–H and O–H groups in total. The molecule has 2 atom stereocenters. The average molecular weight is 587 g/mol. The van der Waals surface area contributed by atoms with Crippen molar-refractivity contribution in [2.24, 2.45) is 0 Å². The molecule has 0 bridgehead atoms. The van der Waals surface area contributed by atoms with Crippen LogP contribution in [-0.2, 0) is 37.0 Å². The van der Waals surface area contributed by atoms with E-state index in [1.807, 2.05) is 23.8 Å². The van der Waals surface area contributed by atoms with Gasteiger partial charge in [-0.2, -0.15) is 13.2 Å². The van der Waals surface area contributed by atoms with Crippen LogP contribution in [0, 0.1) is 6.92 Å². The molecule has 0 spiro atoms. The Bertz CT molecular complexity index is 1610. The normalized spacial score (nSPS) is 19.2. The molecule has 0 radical (unpaired) electrons. The van der Waals surface area contributed by atoms with Gasteiger partial charge >= 0.3 is 12.1 Å². The van der Waals surface area contributed by atoms with Crippen LogP contribution in [0.2, 0.25) is 0 Å². The number of aryl methyl sites for hydroxylation is 1. The second kappa shape index (κ2) is 10.7. The van der Waals surface area contributed by atoms with Crippen molar-refractivity contribution in [1.82, 2.24) is 19.4 Å². The second-order valence-corrected chi connectivity index (χ2v) is 11.5. The van der Waals surface area contributed by atoms with Gasteiger partial charge < -0.3 is 19.1 Å². The quantitative estimate of drug-likeness (QED) is 0.271. The van der Waals surface area contributed by atoms with Gasteiger partial charge in [-0.3, -0.25) is 4.90 Å². The van der Waals surface area contributed by atoms with Crippen molar-refractivity contribution in [1.29, 1.82) is 0 Å². The zero-order valence-corrected chi connectivity index (χ0v) is 23.4. The molecule has 6 rings (SSSR count). The van der Waals surface area contributed by atoms with Gasteiger partial charge in [-0.1, -0.05) is 0 Å². The van der Waals surface area contributed by atoms with Gasteiger partial charge in [-0.15, -0.1) is 11.3 Å². The minimum Gasteiger partial charge on any atom is -0.486 e. The van der Waals surface area contributed by atoms with Crippen LogP contribution < -0.4 is 4.74 Å². The van der Waals surface area contributed by atoms with Gasteiger partial charge in [0.1, 0.15) is 23.2 Å². The van der Waals surface area contributed by atoms with E-state index in [1.165, 1.54) is 29.5 Å². The van der Waals surface area contributed by atoms with E-state index in [4.69, 9.17) is 14.5 Å². The fourth-order valence-electron chi connectivity index (χ4n) is 5.51. The molecule has 8 nitrogen and oxygen atoms in total. The highest BCUT2D eigenvalue weighted by atomic mass is 32.1. The lowest BCUT2D eigenvalue weighted by molar-refractivity contribution is -0.139. The number of halogens is 3. The van der Waals surface area contributed by atoms with Crippen molar-refractivity contribution in [2.45, 2.75) is 64.7 Å². The Hall–Kier alpha value is -3.48.